The first-order valence-electron chi connectivity index (χ1n) is 11.2. The summed E-state index contributed by atoms with van der Waals surface area (Å²) in [5, 5.41) is 7.65. The fourth-order valence-electron chi connectivity index (χ4n) is 4.83. The number of hydrazine groups is 1. The van der Waals surface area contributed by atoms with Crippen molar-refractivity contribution in [1.82, 2.24) is 19.6 Å². The molecular weight excluding hydrogens is 415 g/mol. The van der Waals surface area contributed by atoms with Crippen molar-refractivity contribution in [1.29, 1.82) is 0 Å². The lowest BCUT2D eigenvalue weighted by molar-refractivity contribution is 0.201. The number of aromatic nitrogens is 2. The van der Waals surface area contributed by atoms with Crippen molar-refractivity contribution in [3.63, 3.8) is 0 Å². The van der Waals surface area contributed by atoms with Crippen LogP contribution in [0.5, 0.6) is 0 Å². The molecule has 1 saturated heterocycles. The summed E-state index contributed by atoms with van der Waals surface area (Å²) < 4.78 is 40.6. The van der Waals surface area contributed by atoms with Gasteiger partial charge in [0.1, 0.15) is 5.82 Å². The summed E-state index contributed by atoms with van der Waals surface area (Å²) in [4.78, 5) is 2.66. The Labute approximate surface area is 184 Å². The molecule has 1 aromatic carbocycles. The molecule has 1 atom stereocenters. The third-order valence-electron chi connectivity index (χ3n) is 6.23. The van der Waals surface area contributed by atoms with Crippen molar-refractivity contribution in [3.8, 4) is 0 Å². The molecule has 1 aromatic heterocycles. The van der Waals surface area contributed by atoms with E-state index < -0.39 is 10.0 Å². The number of benzene rings is 1. The molecule has 31 heavy (non-hydrogen) atoms. The first kappa shape index (κ1) is 22.2. The monoisotopic (exact) mass is 446 g/mol. The van der Waals surface area contributed by atoms with E-state index in [-0.39, 0.29) is 11.7 Å². The minimum atomic E-state index is -3.57. The molecule has 2 aromatic rings. The maximum Gasteiger partial charge on any atom is 0.246 e. The normalized spacial score (nSPS) is 20.6. The summed E-state index contributed by atoms with van der Waals surface area (Å²) in [6.45, 7) is 1.49. The zero-order valence-electron chi connectivity index (χ0n) is 18.1. The van der Waals surface area contributed by atoms with Gasteiger partial charge in [0.05, 0.1) is 5.69 Å². The number of hydrogen-bond donors (Lipinski definition) is 1. The van der Waals surface area contributed by atoms with Crippen LogP contribution < -0.4 is 4.83 Å². The van der Waals surface area contributed by atoms with E-state index >= 15 is 0 Å². The van der Waals surface area contributed by atoms with Gasteiger partial charge in [-0.15, -0.1) is 4.83 Å². The number of aryl methyl sites for hydroxylation is 1. The van der Waals surface area contributed by atoms with Crippen molar-refractivity contribution < 1.29 is 12.8 Å². The summed E-state index contributed by atoms with van der Waals surface area (Å²) in [5.41, 5.74) is 3.95. The second-order valence-electron chi connectivity index (χ2n) is 8.64. The summed E-state index contributed by atoms with van der Waals surface area (Å²) in [6, 6.07) is 6.78. The number of rotatable bonds is 6. The average molecular weight is 447 g/mol. The maximum absolute atomic E-state index is 13.7. The molecule has 0 spiro atoms. The summed E-state index contributed by atoms with van der Waals surface area (Å²) in [7, 11) is -1.65. The third kappa shape index (κ3) is 5.61. The van der Waals surface area contributed by atoms with Crippen LogP contribution >= 0.6 is 0 Å². The van der Waals surface area contributed by atoms with E-state index in [1.165, 1.54) is 11.5 Å². The van der Waals surface area contributed by atoms with Gasteiger partial charge in [0.15, 0.2) is 0 Å². The van der Waals surface area contributed by atoms with Crippen LogP contribution in [0.25, 0.3) is 6.08 Å². The van der Waals surface area contributed by atoms with Crippen molar-refractivity contribution >= 4 is 16.1 Å². The molecule has 168 valence electrons. The molecule has 0 amide bonds. The topological polar surface area (TPSA) is 67.2 Å². The van der Waals surface area contributed by atoms with Crippen LogP contribution in [0.1, 0.15) is 67.0 Å². The lowest BCUT2D eigenvalue weighted by Crippen LogP contribution is -2.44. The highest BCUT2D eigenvalue weighted by molar-refractivity contribution is 7.92. The van der Waals surface area contributed by atoms with Gasteiger partial charge in [-0.05, 0) is 62.3 Å². The van der Waals surface area contributed by atoms with Crippen LogP contribution in [0.2, 0.25) is 0 Å². The van der Waals surface area contributed by atoms with E-state index in [1.807, 2.05) is 17.8 Å². The van der Waals surface area contributed by atoms with Gasteiger partial charge in [-0.3, -0.25) is 4.68 Å². The zero-order chi connectivity index (χ0) is 21.8. The Morgan fingerprint density at radius 3 is 2.77 bits per heavy atom. The first-order valence-corrected chi connectivity index (χ1v) is 12.7. The van der Waals surface area contributed by atoms with Crippen LogP contribution in [0.4, 0.5) is 4.39 Å². The molecule has 6 nitrogen and oxygen atoms in total. The number of nitrogens with one attached hydrogen (secondary N) is 1. The fourth-order valence-corrected chi connectivity index (χ4v) is 5.74. The highest BCUT2D eigenvalue weighted by Crippen LogP contribution is 2.35. The van der Waals surface area contributed by atoms with Gasteiger partial charge in [0.25, 0.3) is 0 Å². The van der Waals surface area contributed by atoms with Crippen molar-refractivity contribution in [2.75, 3.05) is 13.1 Å². The molecule has 0 bridgehead atoms. The summed E-state index contributed by atoms with van der Waals surface area (Å²) >= 11 is 0. The Bertz CT molecular complexity index is 1040. The van der Waals surface area contributed by atoms with Gasteiger partial charge < -0.3 is 0 Å². The Morgan fingerprint density at radius 2 is 2.00 bits per heavy atom. The standard InChI is InChI=1S/C23H31FN4O2S/c1-27-23-19(16-18-8-7-10-20(24)17-18)9-3-4-11-21(23)22(25-27)12-15-31(29,30)26-28-13-5-2-6-14-28/h7-8,10,12,15,17,19,26H,2-6,9,11,13-14,16H2,1H3/b15-12+. The first-order chi connectivity index (χ1) is 14.9. The predicted molar refractivity (Wildman–Crippen MR) is 120 cm³/mol. The number of sulfonamides is 1. The average Bonchev–Trinajstić information content (AvgIpc) is 2.90. The van der Waals surface area contributed by atoms with Gasteiger partial charge in [0.2, 0.25) is 10.0 Å². The van der Waals surface area contributed by atoms with Crippen LogP contribution in [-0.4, -0.2) is 36.3 Å². The fraction of sp³-hybridized carbons (Fsp3) is 0.522. The largest absolute Gasteiger partial charge is 0.271 e. The van der Waals surface area contributed by atoms with Gasteiger partial charge in [-0.2, -0.15) is 5.10 Å². The molecule has 4 rings (SSSR count). The van der Waals surface area contributed by atoms with Gasteiger partial charge in [-0.1, -0.05) is 25.0 Å². The van der Waals surface area contributed by atoms with Crippen molar-refractivity contribution in [2.45, 2.75) is 57.3 Å². The second kappa shape index (κ2) is 9.63. The third-order valence-corrected chi connectivity index (χ3v) is 7.24. The van der Waals surface area contributed by atoms with E-state index in [2.05, 4.69) is 9.93 Å². The van der Waals surface area contributed by atoms with Gasteiger partial charge in [0, 0.05) is 42.7 Å². The van der Waals surface area contributed by atoms with Crippen molar-refractivity contribution in [3.05, 3.63) is 58.0 Å². The van der Waals surface area contributed by atoms with Crippen molar-refractivity contribution in [2.24, 2.45) is 7.05 Å². The van der Waals surface area contributed by atoms with E-state index in [1.54, 1.807) is 23.2 Å². The molecule has 0 radical (unpaired) electrons. The Morgan fingerprint density at radius 1 is 1.19 bits per heavy atom. The number of piperidine rings is 1. The zero-order valence-corrected chi connectivity index (χ0v) is 18.9. The molecule has 1 N–H and O–H groups in total. The van der Waals surface area contributed by atoms with Gasteiger partial charge >= 0.3 is 0 Å². The molecule has 0 saturated carbocycles. The quantitative estimate of drug-likeness (QED) is 0.684. The maximum atomic E-state index is 13.7. The Hall–Kier alpha value is -2.03. The van der Waals surface area contributed by atoms with E-state index in [0.29, 0.717) is 5.69 Å². The van der Waals surface area contributed by atoms with Crippen LogP contribution in [0, 0.1) is 5.82 Å². The Kier molecular flexibility index (Phi) is 6.89. The van der Waals surface area contributed by atoms with Crippen LogP contribution in [0.15, 0.2) is 29.7 Å². The Balaban J connectivity index is 1.55. The van der Waals surface area contributed by atoms with E-state index in [4.69, 9.17) is 0 Å². The number of fused-ring (bicyclic) bond motifs is 1. The van der Waals surface area contributed by atoms with Crippen LogP contribution in [0.3, 0.4) is 0 Å². The predicted octanol–water partition coefficient (Wildman–Crippen LogP) is 3.90. The molecule has 2 aliphatic rings. The lowest BCUT2D eigenvalue weighted by Gasteiger charge is -2.25. The van der Waals surface area contributed by atoms with E-state index in [0.717, 1.165) is 81.3 Å². The SMILES string of the molecule is Cn1nc(/C=C/S(=O)(=O)NN2CCCCC2)c2c1C(Cc1cccc(F)c1)CCCC2. The minimum absolute atomic E-state index is 0.216. The lowest BCUT2D eigenvalue weighted by atomic mass is 9.91. The smallest absolute Gasteiger partial charge is 0.246 e. The highest BCUT2D eigenvalue weighted by atomic mass is 32.2. The molecule has 1 aliphatic heterocycles. The number of halogens is 1. The number of nitrogens with zero attached hydrogens (tertiary/aromatic N) is 3. The summed E-state index contributed by atoms with van der Waals surface area (Å²) in [5.74, 6) is 0.0217. The molecule has 1 unspecified atom stereocenters. The molecule has 1 fully saturated rings. The second-order valence-corrected chi connectivity index (χ2v) is 10.2. The molecular formula is C23H31FN4O2S. The highest BCUT2D eigenvalue weighted by Gasteiger charge is 2.26. The van der Waals surface area contributed by atoms with Gasteiger partial charge in [-0.25, -0.2) is 17.8 Å². The summed E-state index contributed by atoms with van der Waals surface area (Å²) in [6.07, 6.45) is 9.55. The van der Waals surface area contributed by atoms with Crippen LogP contribution in [-0.2, 0) is 29.9 Å². The minimum Gasteiger partial charge on any atom is -0.271 e. The van der Waals surface area contributed by atoms with E-state index in [9.17, 15) is 12.8 Å². The number of hydrogen-bond acceptors (Lipinski definition) is 4. The molecule has 8 heteroatoms. The molecule has 2 heterocycles. The molecule has 1 aliphatic carbocycles.